The number of hydrogen-bond donors (Lipinski definition) is 1. The molecule has 0 aliphatic rings. The van der Waals surface area contributed by atoms with E-state index in [9.17, 15) is 0 Å². The number of nitrogen functional groups attached to an aromatic ring is 1. The molecule has 2 N–H and O–H groups in total. The van der Waals surface area contributed by atoms with Crippen LogP contribution < -0.4 is 5.73 Å². The molecule has 0 saturated carbocycles. The van der Waals surface area contributed by atoms with Gasteiger partial charge in [0.05, 0.1) is 12.6 Å². The predicted molar refractivity (Wildman–Crippen MR) is 92.6 cm³/mol. The van der Waals surface area contributed by atoms with Crippen LogP contribution in [0.3, 0.4) is 0 Å². The van der Waals surface area contributed by atoms with Gasteiger partial charge >= 0.3 is 0 Å². The van der Waals surface area contributed by atoms with Crippen LogP contribution in [-0.2, 0) is 13.0 Å². The summed E-state index contributed by atoms with van der Waals surface area (Å²) in [7, 11) is 0. The second-order valence-corrected chi connectivity index (χ2v) is 5.83. The van der Waals surface area contributed by atoms with Crippen LogP contribution in [0.5, 0.6) is 0 Å². The van der Waals surface area contributed by atoms with E-state index in [4.69, 9.17) is 21.8 Å². The fraction of sp³-hybridized carbons (Fsp3) is 0.118. The number of furan rings is 1. The van der Waals surface area contributed by atoms with Crippen LogP contribution in [0.4, 0.5) is 5.95 Å². The lowest BCUT2D eigenvalue weighted by molar-refractivity contribution is 0.580. The number of aromatic nitrogens is 4. The van der Waals surface area contributed by atoms with Crippen molar-refractivity contribution in [2.24, 2.45) is 0 Å². The highest BCUT2D eigenvalue weighted by Gasteiger charge is 2.15. The van der Waals surface area contributed by atoms with Crippen molar-refractivity contribution < 1.29 is 4.42 Å². The summed E-state index contributed by atoms with van der Waals surface area (Å²) in [6, 6.07) is 11.4. The number of aryl methyl sites for hydroxylation is 2. The maximum atomic E-state index is 5.92. The Kier molecular flexibility index (Phi) is 3.66. The largest absolute Gasteiger partial charge is 0.463 e. The average Bonchev–Trinajstić information content (AvgIpc) is 3.23. The topological polar surface area (TPSA) is 82.8 Å². The van der Waals surface area contributed by atoms with E-state index in [-0.39, 0.29) is 5.95 Å². The molecule has 0 amide bonds. The SMILES string of the molecule is Nc1nc(-c2ccco2)c2ncn(CCc3ccc(Cl)cc3)c2n1. The van der Waals surface area contributed by atoms with E-state index in [2.05, 4.69) is 15.0 Å². The van der Waals surface area contributed by atoms with Crippen molar-refractivity contribution in [3.05, 3.63) is 59.6 Å². The zero-order chi connectivity index (χ0) is 16.5. The fourth-order valence-corrected chi connectivity index (χ4v) is 2.74. The molecule has 3 aromatic heterocycles. The van der Waals surface area contributed by atoms with E-state index in [1.807, 2.05) is 34.9 Å². The summed E-state index contributed by atoms with van der Waals surface area (Å²) in [6.07, 6.45) is 4.18. The summed E-state index contributed by atoms with van der Waals surface area (Å²) >= 11 is 5.92. The van der Waals surface area contributed by atoms with Gasteiger partial charge in [0.1, 0.15) is 11.2 Å². The van der Waals surface area contributed by atoms with Gasteiger partial charge in [-0.2, -0.15) is 4.98 Å². The van der Waals surface area contributed by atoms with Crippen molar-refractivity contribution in [3.63, 3.8) is 0 Å². The standard InChI is InChI=1S/C17H14ClN5O/c18-12-5-3-11(4-6-12)7-8-23-10-20-15-14(13-2-1-9-24-13)21-17(19)22-16(15)23/h1-6,9-10H,7-8H2,(H2,19,21,22). The number of nitrogens with two attached hydrogens (primary N) is 1. The van der Waals surface area contributed by atoms with Crippen molar-refractivity contribution in [2.45, 2.75) is 13.0 Å². The van der Waals surface area contributed by atoms with E-state index in [0.717, 1.165) is 18.0 Å². The van der Waals surface area contributed by atoms with E-state index < -0.39 is 0 Å². The monoisotopic (exact) mass is 339 g/mol. The zero-order valence-corrected chi connectivity index (χ0v) is 13.4. The maximum Gasteiger partial charge on any atom is 0.222 e. The first-order valence-electron chi connectivity index (χ1n) is 7.47. The van der Waals surface area contributed by atoms with Crippen LogP contribution >= 0.6 is 11.6 Å². The Morgan fingerprint density at radius 3 is 2.71 bits per heavy atom. The van der Waals surface area contributed by atoms with Gasteiger partial charge in [0, 0.05) is 11.6 Å². The molecule has 0 radical (unpaired) electrons. The first kappa shape index (κ1) is 14.7. The normalized spacial score (nSPS) is 11.2. The van der Waals surface area contributed by atoms with Gasteiger partial charge < -0.3 is 14.7 Å². The molecule has 24 heavy (non-hydrogen) atoms. The molecule has 0 aliphatic heterocycles. The number of benzene rings is 1. The zero-order valence-electron chi connectivity index (χ0n) is 12.7. The molecule has 0 unspecified atom stereocenters. The molecule has 4 rings (SSSR count). The lowest BCUT2D eigenvalue weighted by Gasteiger charge is -2.05. The van der Waals surface area contributed by atoms with Gasteiger partial charge in [0.2, 0.25) is 5.95 Å². The van der Waals surface area contributed by atoms with Crippen molar-refractivity contribution in [1.82, 2.24) is 19.5 Å². The van der Waals surface area contributed by atoms with Crippen molar-refractivity contribution >= 4 is 28.7 Å². The lowest BCUT2D eigenvalue weighted by atomic mass is 10.1. The highest BCUT2D eigenvalue weighted by atomic mass is 35.5. The summed E-state index contributed by atoms with van der Waals surface area (Å²) in [5.41, 5.74) is 9.03. The van der Waals surface area contributed by atoms with Crippen LogP contribution in [0.15, 0.2) is 53.4 Å². The van der Waals surface area contributed by atoms with Gasteiger partial charge in [-0.05, 0) is 36.2 Å². The second-order valence-electron chi connectivity index (χ2n) is 5.39. The molecule has 120 valence electrons. The Labute approximate surface area is 142 Å². The second kappa shape index (κ2) is 5.98. The molecule has 0 fully saturated rings. The van der Waals surface area contributed by atoms with E-state index in [1.165, 1.54) is 5.56 Å². The molecule has 0 aliphatic carbocycles. The van der Waals surface area contributed by atoms with Gasteiger partial charge in [-0.15, -0.1) is 0 Å². The molecule has 0 bridgehead atoms. The van der Waals surface area contributed by atoms with Crippen molar-refractivity contribution in [1.29, 1.82) is 0 Å². The number of anilines is 1. The molecule has 3 heterocycles. The van der Waals surface area contributed by atoms with Gasteiger partial charge in [0.15, 0.2) is 11.4 Å². The Morgan fingerprint density at radius 1 is 1.12 bits per heavy atom. The highest BCUT2D eigenvalue weighted by Crippen LogP contribution is 2.26. The number of halogens is 1. The van der Waals surface area contributed by atoms with Crippen molar-refractivity contribution in [2.75, 3.05) is 5.73 Å². The van der Waals surface area contributed by atoms with Gasteiger partial charge in [-0.3, -0.25) is 0 Å². The molecule has 0 saturated heterocycles. The summed E-state index contributed by atoms with van der Waals surface area (Å²) in [6.45, 7) is 0.728. The Morgan fingerprint density at radius 2 is 1.96 bits per heavy atom. The molecular weight excluding hydrogens is 326 g/mol. The number of fused-ring (bicyclic) bond motifs is 1. The Hall–Kier alpha value is -2.86. The number of rotatable bonds is 4. The van der Waals surface area contributed by atoms with Crippen LogP contribution in [0.2, 0.25) is 5.02 Å². The van der Waals surface area contributed by atoms with Crippen molar-refractivity contribution in [3.8, 4) is 11.5 Å². The van der Waals surface area contributed by atoms with E-state index >= 15 is 0 Å². The van der Waals surface area contributed by atoms with Gasteiger partial charge in [-0.25, -0.2) is 9.97 Å². The molecule has 1 aromatic carbocycles. The summed E-state index contributed by atoms with van der Waals surface area (Å²) in [5.74, 6) is 0.819. The Bertz CT molecular complexity index is 976. The minimum Gasteiger partial charge on any atom is -0.463 e. The number of nitrogens with zero attached hydrogens (tertiary/aromatic N) is 4. The summed E-state index contributed by atoms with van der Waals surface area (Å²) in [4.78, 5) is 13.0. The first-order chi connectivity index (χ1) is 11.7. The summed E-state index contributed by atoms with van der Waals surface area (Å²) in [5, 5.41) is 0.732. The summed E-state index contributed by atoms with van der Waals surface area (Å²) < 4.78 is 7.39. The average molecular weight is 340 g/mol. The van der Waals surface area contributed by atoms with Crippen LogP contribution in [0.25, 0.3) is 22.6 Å². The minimum absolute atomic E-state index is 0.196. The van der Waals surface area contributed by atoms with E-state index in [1.54, 1.807) is 18.7 Å². The molecule has 0 spiro atoms. The number of hydrogen-bond acceptors (Lipinski definition) is 5. The van der Waals surface area contributed by atoms with Crippen LogP contribution in [0.1, 0.15) is 5.56 Å². The van der Waals surface area contributed by atoms with Crippen LogP contribution in [0, 0.1) is 0 Å². The maximum absolute atomic E-state index is 5.92. The van der Waals surface area contributed by atoms with Crippen LogP contribution in [-0.4, -0.2) is 19.5 Å². The minimum atomic E-state index is 0.196. The molecule has 0 atom stereocenters. The third-order valence-corrected chi connectivity index (χ3v) is 4.04. The molecular formula is C17H14ClN5O. The van der Waals surface area contributed by atoms with Gasteiger partial charge in [-0.1, -0.05) is 23.7 Å². The predicted octanol–water partition coefficient (Wildman–Crippen LogP) is 3.56. The lowest BCUT2D eigenvalue weighted by Crippen LogP contribution is -2.04. The molecule has 7 heteroatoms. The first-order valence-corrected chi connectivity index (χ1v) is 7.85. The third kappa shape index (κ3) is 2.72. The van der Waals surface area contributed by atoms with Gasteiger partial charge in [0.25, 0.3) is 0 Å². The highest BCUT2D eigenvalue weighted by molar-refractivity contribution is 6.30. The quantitative estimate of drug-likeness (QED) is 0.614. The molecule has 4 aromatic rings. The van der Waals surface area contributed by atoms with E-state index in [0.29, 0.717) is 22.6 Å². The number of imidazole rings is 1. The fourth-order valence-electron chi connectivity index (χ4n) is 2.61. The third-order valence-electron chi connectivity index (χ3n) is 3.79. The Balaban J connectivity index is 1.68. The smallest absolute Gasteiger partial charge is 0.222 e. The molecule has 6 nitrogen and oxygen atoms in total.